The maximum Gasteiger partial charge on any atom is 0.255 e. The molecule has 4 rings (SSSR count). The second-order valence-electron chi connectivity index (χ2n) is 7.21. The van der Waals surface area contributed by atoms with Crippen LogP contribution < -0.4 is 15.4 Å². The average molecular weight is 447 g/mol. The number of carbonyl (C=O) groups is 1. The fourth-order valence-corrected chi connectivity index (χ4v) is 5.31. The highest BCUT2D eigenvalue weighted by molar-refractivity contribution is 7.89. The van der Waals surface area contributed by atoms with Gasteiger partial charge in [0.15, 0.2) is 5.13 Å². The van der Waals surface area contributed by atoms with Crippen molar-refractivity contribution in [1.82, 2.24) is 4.98 Å². The minimum atomic E-state index is -3.92. The van der Waals surface area contributed by atoms with Crippen molar-refractivity contribution in [3.05, 3.63) is 47.0 Å². The largest absolute Gasteiger partial charge is 0.378 e. The molecule has 0 atom stereocenters. The Bertz CT molecular complexity index is 1230. The lowest BCUT2D eigenvalue weighted by atomic mass is 10.0. The minimum Gasteiger partial charge on any atom is -0.378 e. The predicted molar refractivity (Wildman–Crippen MR) is 118 cm³/mol. The van der Waals surface area contributed by atoms with Gasteiger partial charge in [0.1, 0.15) is 0 Å². The van der Waals surface area contributed by atoms with Crippen LogP contribution in [0.1, 0.15) is 21.5 Å². The standard InChI is InChI=1S/C20H22N4O4S2/c1-12-9-13(2)18(30(21,26)27)11-15(12)19(25)22-14-3-4-16-17(10-14)29-20(23-16)24-5-7-28-8-6-24/h3-4,9-11H,5-8H2,1-2H3,(H,22,25)(H2,21,26,27). The summed E-state index contributed by atoms with van der Waals surface area (Å²) in [6.07, 6.45) is 0. The molecule has 0 unspecified atom stereocenters. The molecule has 0 bridgehead atoms. The van der Waals surface area contributed by atoms with Crippen LogP contribution in [0.4, 0.5) is 10.8 Å². The third-order valence-corrected chi connectivity index (χ3v) is 7.12. The number of aryl methyl sites for hydroxylation is 2. The van der Waals surface area contributed by atoms with Crippen molar-refractivity contribution in [2.24, 2.45) is 5.14 Å². The number of nitrogens with zero attached hydrogens (tertiary/aromatic N) is 2. The summed E-state index contributed by atoms with van der Waals surface area (Å²) in [6.45, 7) is 6.40. The van der Waals surface area contributed by atoms with E-state index in [1.165, 1.54) is 6.07 Å². The third kappa shape index (κ3) is 4.17. The fourth-order valence-electron chi connectivity index (χ4n) is 3.46. The molecule has 1 saturated heterocycles. The Morgan fingerprint density at radius 3 is 2.60 bits per heavy atom. The molecule has 0 saturated carbocycles. The average Bonchev–Trinajstić information content (AvgIpc) is 3.11. The molecule has 158 valence electrons. The number of carbonyl (C=O) groups excluding carboxylic acids is 1. The van der Waals surface area contributed by atoms with Crippen LogP contribution in [0.15, 0.2) is 35.2 Å². The lowest BCUT2D eigenvalue weighted by Crippen LogP contribution is -2.36. The number of ether oxygens (including phenoxy) is 1. The summed E-state index contributed by atoms with van der Waals surface area (Å²) in [5, 5.41) is 9.06. The van der Waals surface area contributed by atoms with Gasteiger partial charge in [0.25, 0.3) is 5.91 Å². The van der Waals surface area contributed by atoms with Gasteiger partial charge in [0.05, 0.1) is 28.3 Å². The Hall–Kier alpha value is -2.53. The Morgan fingerprint density at radius 2 is 1.90 bits per heavy atom. The van der Waals surface area contributed by atoms with Gasteiger partial charge < -0.3 is 15.0 Å². The van der Waals surface area contributed by atoms with Crippen LogP contribution in [-0.2, 0) is 14.8 Å². The molecule has 3 N–H and O–H groups in total. The summed E-state index contributed by atoms with van der Waals surface area (Å²) in [6, 6.07) is 8.50. The number of benzene rings is 2. The number of sulfonamides is 1. The van der Waals surface area contributed by atoms with Crippen molar-refractivity contribution in [2.45, 2.75) is 18.7 Å². The first-order valence-corrected chi connectivity index (χ1v) is 11.8. The van der Waals surface area contributed by atoms with Crippen LogP contribution in [0, 0.1) is 13.8 Å². The minimum absolute atomic E-state index is 0.0497. The van der Waals surface area contributed by atoms with Crippen LogP contribution in [0.25, 0.3) is 10.2 Å². The molecule has 1 fully saturated rings. The van der Waals surface area contributed by atoms with Crippen molar-refractivity contribution in [3.63, 3.8) is 0 Å². The Morgan fingerprint density at radius 1 is 1.17 bits per heavy atom. The number of nitrogens with two attached hydrogens (primary N) is 1. The van der Waals surface area contributed by atoms with Crippen LogP contribution in [0.2, 0.25) is 0 Å². The van der Waals surface area contributed by atoms with Crippen LogP contribution in [0.3, 0.4) is 0 Å². The topological polar surface area (TPSA) is 115 Å². The third-order valence-electron chi connectivity index (χ3n) is 4.99. The number of primary sulfonamides is 1. The number of anilines is 2. The van der Waals surface area contributed by atoms with Gasteiger partial charge in [-0.2, -0.15) is 0 Å². The molecular weight excluding hydrogens is 424 g/mol. The predicted octanol–water partition coefficient (Wildman–Crippen LogP) is 2.65. The molecule has 8 nitrogen and oxygen atoms in total. The zero-order valence-electron chi connectivity index (χ0n) is 16.6. The molecule has 1 aliphatic heterocycles. The van der Waals surface area contributed by atoms with E-state index in [1.54, 1.807) is 37.3 Å². The summed E-state index contributed by atoms with van der Waals surface area (Å²) in [4.78, 5) is 19.6. The molecule has 0 spiro atoms. The summed E-state index contributed by atoms with van der Waals surface area (Å²) in [5.41, 5.74) is 2.92. The van der Waals surface area contributed by atoms with E-state index in [2.05, 4.69) is 15.2 Å². The first-order valence-electron chi connectivity index (χ1n) is 9.41. The molecule has 30 heavy (non-hydrogen) atoms. The molecule has 1 aliphatic rings. The van der Waals surface area contributed by atoms with Gasteiger partial charge in [-0.25, -0.2) is 18.5 Å². The number of hydrogen-bond donors (Lipinski definition) is 2. The van der Waals surface area contributed by atoms with E-state index >= 15 is 0 Å². The number of hydrogen-bond acceptors (Lipinski definition) is 7. The van der Waals surface area contributed by atoms with Crippen molar-refractivity contribution < 1.29 is 17.9 Å². The van der Waals surface area contributed by atoms with Crippen LogP contribution in [0.5, 0.6) is 0 Å². The van der Waals surface area contributed by atoms with Crippen molar-refractivity contribution in [3.8, 4) is 0 Å². The van der Waals surface area contributed by atoms with E-state index in [4.69, 9.17) is 9.88 Å². The SMILES string of the molecule is Cc1cc(C)c(S(N)(=O)=O)cc1C(=O)Nc1ccc2nc(N3CCOCC3)sc2c1. The molecule has 2 aromatic carbocycles. The lowest BCUT2D eigenvalue weighted by molar-refractivity contribution is 0.102. The van der Waals surface area contributed by atoms with Gasteiger partial charge in [0, 0.05) is 24.3 Å². The molecule has 10 heteroatoms. The number of fused-ring (bicyclic) bond motifs is 1. The number of morpholine rings is 1. The Labute approximate surface area is 178 Å². The smallest absolute Gasteiger partial charge is 0.255 e. The number of nitrogens with one attached hydrogen (secondary N) is 1. The fraction of sp³-hybridized carbons (Fsp3) is 0.300. The number of amides is 1. The quantitative estimate of drug-likeness (QED) is 0.637. The second kappa shape index (κ2) is 7.95. The number of aromatic nitrogens is 1. The van der Waals surface area contributed by atoms with Crippen molar-refractivity contribution >= 4 is 48.3 Å². The lowest BCUT2D eigenvalue weighted by Gasteiger charge is -2.25. The number of thiazole rings is 1. The van der Waals surface area contributed by atoms with Gasteiger partial charge in [-0.15, -0.1) is 0 Å². The second-order valence-corrected chi connectivity index (χ2v) is 9.75. The Kier molecular flexibility index (Phi) is 5.49. The van der Waals surface area contributed by atoms with E-state index in [9.17, 15) is 13.2 Å². The summed E-state index contributed by atoms with van der Waals surface area (Å²) in [5.74, 6) is -0.394. The first kappa shape index (κ1) is 20.7. The van der Waals surface area contributed by atoms with E-state index in [1.807, 2.05) is 12.1 Å². The first-order chi connectivity index (χ1) is 14.2. The maximum atomic E-state index is 12.8. The van der Waals surface area contributed by atoms with Crippen LogP contribution >= 0.6 is 11.3 Å². The highest BCUT2D eigenvalue weighted by Crippen LogP contribution is 2.31. The summed E-state index contributed by atoms with van der Waals surface area (Å²) < 4.78 is 30.0. The van der Waals surface area contributed by atoms with Gasteiger partial charge in [-0.3, -0.25) is 4.79 Å². The van der Waals surface area contributed by atoms with Gasteiger partial charge in [0.2, 0.25) is 10.0 Å². The monoisotopic (exact) mass is 446 g/mol. The van der Waals surface area contributed by atoms with E-state index in [0.29, 0.717) is 30.0 Å². The Balaban J connectivity index is 1.60. The molecule has 1 amide bonds. The van der Waals surface area contributed by atoms with Gasteiger partial charge in [-0.05, 0) is 49.2 Å². The highest BCUT2D eigenvalue weighted by Gasteiger charge is 2.19. The van der Waals surface area contributed by atoms with E-state index in [-0.39, 0.29) is 10.5 Å². The van der Waals surface area contributed by atoms with Crippen molar-refractivity contribution in [1.29, 1.82) is 0 Å². The van der Waals surface area contributed by atoms with Gasteiger partial charge in [-0.1, -0.05) is 17.4 Å². The molecule has 2 heterocycles. The normalized spacial score (nSPS) is 14.8. The molecular formula is C20H22N4O4S2. The van der Waals surface area contributed by atoms with Crippen molar-refractivity contribution in [2.75, 3.05) is 36.5 Å². The van der Waals surface area contributed by atoms with Gasteiger partial charge >= 0.3 is 0 Å². The van der Waals surface area contributed by atoms with E-state index in [0.717, 1.165) is 28.4 Å². The zero-order chi connectivity index (χ0) is 21.5. The summed E-state index contributed by atoms with van der Waals surface area (Å²) in [7, 11) is -3.92. The van der Waals surface area contributed by atoms with Crippen LogP contribution in [-0.4, -0.2) is 45.6 Å². The summed E-state index contributed by atoms with van der Waals surface area (Å²) >= 11 is 1.56. The maximum absolute atomic E-state index is 12.8. The molecule has 1 aromatic heterocycles. The van der Waals surface area contributed by atoms with E-state index < -0.39 is 15.9 Å². The highest BCUT2D eigenvalue weighted by atomic mass is 32.2. The zero-order valence-corrected chi connectivity index (χ0v) is 18.3. The molecule has 3 aromatic rings. The number of rotatable bonds is 4. The molecule has 0 radical (unpaired) electrons. The molecule has 0 aliphatic carbocycles.